The smallest absolute Gasteiger partial charge is 0.303 e. The van der Waals surface area contributed by atoms with Gasteiger partial charge >= 0.3 is 5.97 Å². The quantitative estimate of drug-likeness (QED) is 0.867. The summed E-state index contributed by atoms with van der Waals surface area (Å²) in [6.07, 6.45) is 5.49. The summed E-state index contributed by atoms with van der Waals surface area (Å²) in [6, 6.07) is 0. The summed E-state index contributed by atoms with van der Waals surface area (Å²) in [5, 5.41) is 9.78. The lowest BCUT2D eigenvalue weighted by Gasteiger charge is -2.13. The summed E-state index contributed by atoms with van der Waals surface area (Å²) in [5.74, 6) is -0.486. The Bertz CT molecular complexity index is 828. The minimum Gasteiger partial charge on any atom is -0.481 e. The first-order chi connectivity index (χ1) is 11.2. The maximum absolute atomic E-state index is 12.1. The Hall–Kier alpha value is -2.28. The molecule has 24 heavy (non-hydrogen) atoms. The van der Waals surface area contributed by atoms with Crippen LogP contribution in [-0.4, -0.2) is 26.0 Å². The molecule has 0 radical (unpaired) electrons. The van der Waals surface area contributed by atoms with Gasteiger partial charge in [-0.1, -0.05) is 20.8 Å². The van der Waals surface area contributed by atoms with Gasteiger partial charge in [-0.25, -0.2) is 9.97 Å². The molecule has 0 saturated carbocycles. The van der Waals surface area contributed by atoms with Crippen LogP contribution in [0.15, 0.2) is 11.0 Å². The first-order valence-electron chi connectivity index (χ1n) is 7.63. The number of hydrogen-bond acceptors (Lipinski definition) is 5. The summed E-state index contributed by atoms with van der Waals surface area (Å²) in [4.78, 5) is 35.1. The fourth-order valence-corrected chi connectivity index (χ4v) is 2.99. The minimum atomic E-state index is -0.933. The second-order valence-electron chi connectivity index (χ2n) is 6.56. The molecule has 0 bridgehead atoms. The molecule has 0 spiro atoms. The molecule has 7 heteroatoms. The highest BCUT2D eigenvalue weighted by Gasteiger charge is 2.17. The van der Waals surface area contributed by atoms with E-state index in [1.54, 1.807) is 30.5 Å². The van der Waals surface area contributed by atoms with Crippen LogP contribution in [0.5, 0.6) is 0 Å². The van der Waals surface area contributed by atoms with Crippen molar-refractivity contribution in [2.45, 2.75) is 46.0 Å². The highest BCUT2D eigenvalue weighted by Crippen LogP contribution is 2.27. The molecule has 0 saturated heterocycles. The number of aromatic amines is 1. The van der Waals surface area contributed by atoms with Gasteiger partial charge in [0.25, 0.3) is 5.56 Å². The zero-order chi connectivity index (χ0) is 17.9. The molecule has 2 heterocycles. The lowest BCUT2D eigenvalue weighted by molar-refractivity contribution is -0.136. The van der Waals surface area contributed by atoms with Crippen molar-refractivity contribution >= 4 is 29.5 Å². The largest absolute Gasteiger partial charge is 0.481 e. The van der Waals surface area contributed by atoms with Gasteiger partial charge in [0, 0.05) is 34.2 Å². The van der Waals surface area contributed by atoms with Crippen LogP contribution >= 0.6 is 11.3 Å². The first-order valence-corrected chi connectivity index (χ1v) is 8.44. The molecule has 0 aliphatic carbocycles. The van der Waals surface area contributed by atoms with Crippen molar-refractivity contribution in [1.82, 2.24) is 15.0 Å². The number of carboxylic acid groups (broad SMARTS) is 1. The number of thiazole rings is 1. The number of aryl methyl sites for hydroxylation is 1. The van der Waals surface area contributed by atoms with Crippen molar-refractivity contribution < 1.29 is 9.90 Å². The third kappa shape index (κ3) is 4.61. The fourth-order valence-electron chi connectivity index (χ4n) is 2.11. The van der Waals surface area contributed by atoms with E-state index < -0.39 is 5.97 Å². The predicted molar refractivity (Wildman–Crippen MR) is 95.3 cm³/mol. The van der Waals surface area contributed by atoms with Gasteiger partial charge in [0.15, 0.2) is 0 Å². The molecular formula is C17H21N3O3S. The highest BCUT2D eigenvalue weighted by molar-refractivity contribution is 7.12. The molecule has 0 aromatic carbocycles. The van der Waals surface area contributed by atoms with Crippen molar-refractivity contribution in [3.05, 3.63) is 43.5 Å². The van der Waals surface area contributed by atoms with Crippen LogP contribution in [0, 0.1) is 6.92 Å². The average Bonchev–Trinajstić information content (AvgIpc) is 2.93. The number of aromatic nitrogens is 3. The number of H-pyrrole nitrogens is 1. The third-order valence-corrected chi connectivity index (χ3v) is 4.79. The van der Waals surface area contributed by atoms with Gasteiger partial charge in [-0.3, -0.25) is 9.59 Å². The van der Waals surface area contributed by atoms with Gasteiger partial charge in [0.05, 0.1) is 5.01 Å². The first kappa shape index (κ1) is 18.1. The Balaban J connectivity index is 2.20. The molecule has 0 aliphatic heterocycles. The van der Waals surface area contributed by atoms with Crippen molar-refractivity contribution in [2.24, 2.45) is 0 Å². The molecular weight excluding hydrogens is 326 g/mol. The second kappa shape index (κ2) is 7.09. The Labute approximate surface area is 144 Å². The molecule has 2 aromatic heterocycles. The van der Waals surface area contributed by atoms with Crippen molar-refractivity contribution in [3.63, 3.8) is 0 Å². The molecule has 2 N–H and O–H groups in total. The van der Waals surface area contributed by atoms with E-state index in [4.69, 9.17) is 5.11 Å². The fraction of sp³-hybridized carbons (Fsp3) is 0.412. The Morgan fingerprint density at radius 1 is 1.38 bits per heavy atom. The van der Waals surface area contributed by atoms with E-state index >= 15 is 0 Å². The van der Waals surface area contributed by atoms with Gasteiger partial charge in [0.1, 0.15) is 5.82 Å². The number of rotatable bonds is 5. The number of hydrogen-bond donors (Lipinski definition) is 2. The molecule has 0 amide bonds. The molecule has 2 aromatic rings. The van der Waals surface area contributed by atoms with E-state index in [9.17, 15) is 9.59 Å². The molecule has 2 rings (SSSR count). The number of nitrogens with one attached hydrogen (secondary N) is 1. The maximum Gasteiger partial charge on any atom is 0.303 e. The maximum atomic E-state index is 12.1. The van der Waals surface area contributed by atoms with Crippen molar-refractivity contribution in [2.75, 3.05) is 0 Å². The second-order valence-corrected chi connectivity index (χ2v) is 7.62. The Morgan fingerprint density at radius 3 is 2.62 bits per heavy atom. The topological polar surface area (TPSA) is 95.9 Å². The number of carboxylic acids is 1. The zero-order valence-electron chi connectivity index (χ0n) is 14.2. The van der Waals surface area contributed by atoms with E-state index in [-0.39, 0.29) is 23.8 Å². The zero-order valence-corrected chi connectivity index (χ0v) is 15.0. The average molecular weight is 347 g/mol. The SMILES string of the molecule is Cc1nc(/C=C/c2cnc(C(C)(C)C)s2)[nH]c(=O)c1CCC(=O)O. The number of aliphatic carboxylic acids is 1. The summed E-state index contributed by atoms with van der Waals surface area (Å²) in [7, 11) is 0. The molecule has 128 valence electrons. The standard InChI is InChI=1S/C17H21N3O3S/c1-10-12(6-8-14(21)22)15(23)20-13(19-10)7-5-11-9-18-16(24-11)17(2,3)4/h5,7,9H,6,8H2,1-4H3,(H,21,22)(H,19,20,23)/b7-5+. The van der Waals surface area contributed by atoms with Crippen LogP contribution in [0.25, 0.3) is 12.2 Å². The highest BCUT2D eigenvalue weighted by atomic mass is 32.1. The lowest BCUT2D eigenvalue weighted by Crippen LogP contribution is -2.18. The third-order valence-electron chi connectivity index (χ3n) is 3.40. The lowest BCUT2D eigenvalue weighted by atomic mass is 9.98. The summed E-state index contributed by atoms with van der Waals surface area (Å²) < 4.78 is 0. The number of carbonyl (C=O) groups is 1. The van der Waals surface area contributed by atoms with Gasteiger partial charge in [-0.2, -0.15) is 0 Å². The molecule has 0 fully saturated rings. The van der Waals surface area contributed by atoms with E-state index in [1.165, 1.54) is 0 Å². The van der Waals surface area contributed by atoms with Gasteiger partial charge in [-0.15, -0.1) is 11.3 Å². The molecule has 6 nitrogen and oxygen atoms in total. The molecule has 0 atom stereocenters. The minimum absolute atomic E-state index is 0.00565. The van der Waals surface area contributed by atoms with Crippen molar-refractivity contribution in [1.29, 1.82) is 0 Å². The Morgan fingerprint density at radius 2 is 2.08 bits per heavy atom. The van der Waals surface area contributed by atoms with Crippen LogP contribution < -0.4 is 5.56 Å². The van der Waals surface area contributed by atoms with Crippen LogP contribution in [0.2, 0.25) is 0 Å². The van der Waals surface area contributed by atoms with Gasteiger partial charge in [0.2, 0.25) is 0 Å². The van der Waals surface area contributed by atoms with Gasteiger partial charge in [-0.05, 0) is 25.5 Å². The van der Waals surface area contributed by atoms with E-state index in [1.807, 2.05) is 6.08 Å². The summed E-state index contributed by atoms with van der Waals surface area (Å²) in [6.45, 7) is 8.04. The molecule has 0 aliphatic rings. The van der Waals surface area contributed by atoms with E-state index in [0.717, 1.165) is 9.88 Å². The summed E-state index contributed by atoms with van der Waals surface area (Å²) >= 11 is 1.60. The monoisotopic (exact) mass is 347 g/mol. The molecule has 0 unspecified atom stereocenters. The van der Waals surface area contributed by atoms with Crippen LogP contribution in [0.4, 0.5) is 0 Å². The van der Waals surface area contributed by atoms with Crippen LogP contribution in [-0.2, 0) is 16.6 Å². The van der Waals surface area contributed by atoms with Crippen LogP contribution in [0.1, 0.15) is 54.2 Å². The summed E-state index contributed by atoms with van der Waals surface area (Å²) in [5.41, 5.74) is 0.691. The predicted octanol–water partition coefficient (Wildman–Crippen LogP) is 3.02. The normalized spacial score (nSPS) is 12.0. The number of nitrogens with zero attached hydrogens (tertiary/aromatic N) is 2. The van der Waals surface area contributed by atoms with Crippen molar-refractivity contribution in [3.8, 4) is 0 Å². The van der Waals surface area contributed by atoms with Gasteiger partial charge < -0.3 is 10.1 Å². The van der Waals surface area contributed by atoms with E-state index in [2.05, 4.69) is 35.7 Å². The van der Waals surface area contributed by atoms with Crippen LogP contribution in [0.3, 0.4) is 0 Å². The Kier molecular flexibility index (Phi) is 5.33. The van der Waals surface area contributed by atoms with E-state index in [0.29, 0.717) is 17.1 Å².